The van der Waals surface area contributed by atoms with Gasteiger partial charge in [-0.2, -0.15) is 0 Å². The lowest BCUT2D eigenvalue weighted by atomic mass is 10.0. The van der Waals surface area contributed by atoms with Gasteiger partial charge in [-0.3, -0.25) is 4.79 Å². The average Bonchev–Trinajstić information content (AvgIpc) is 2.59. The van der Waals surface area contributed by atoms with E-state index in [-0.39, 0.29) is 11.9 Å². The van der Waals surface area contributed by atoms with E-state index in [9.17, 15) is 9.90 Å². The Hall–Kier alpha value is -1.91. The molecule has 0 saturated carbocycles. The molecule has 1 aliphatic rings. The van der Waals surface area contributed by atoms with Crippen LogP contribution in [0.5, 0.6) is 0 Å². The zero-order valence-corrected chi connectivity index (χ0v) is 13.5. The number of aliphatic hydroxyl groups is 1. The van der Waals surface area contributed by atoms with Gasteiger partial charge in [0.25, 0.3) is 5.91 Å². The summed E-state index contributed by atoms with van der Waals surface area (Å²) in [5.41, 5.74) is 1.11. The molecule has 23 heavy (non-hydrogen) atoms. The molecular weight excluding hydrogens is 288 g/mol. The maximum atomic E-state index is 12.5. The third-order valence-electron chi connectivity index (χ3n) is 4.56. The van der Waals surface area contributed by atoms with Gasteiger partial charge in [-0.05, 0) is 55.3 Å². The van der Waals surface area contributed by atoms with Crippen molar-refractivity contribution in [2.45, 2.75) is 38.5 Å². The Kier molecular flexibility index (Phi) is 4.94. The number of piperidine rings is 1. The summed E-state index contributed by atoms with van der Waals surface area (Å²) >= 11 is 0. The molecule has 0 spiro atoms. The molecule has 3 rings (SSSR count). The van der Waals surface area contributed by atoms with Crippen molar-refractivity contribution in [1.29, 1.82) is 0 Å². The Morgan fingerprint density at radius 1 is 1.22 bits per heavy atom. The molecule has 1 unspecified atom stereocenters. The first-order valence-corrected chi connectivity index (χ1v) is 8.32. The predicted octanol–water partition coefficient (Wildman–Crippen LogP) is 2.30. The van der Waals surface area contributed by atoms with E-state index in [4.69, 9.17) is 0 Å². The predicted molar refractivity (Wildman–Crippen MR) is 92.1 cm³/mol. The van der Waals surface area contributed by atoms with Gasteiger partial charge in [0.05, 0.1) is 0 Å². The van der Waals surface area contributed by atoms with Gasteiger partial charge in [-0.25, -0.2) is 0 Å². The molecule has 2 aromatic carbocycles. The molecule has 2 aromatic rings. The Balaban J connectivity index is 1.84. The number of nitrogens with one attached hydrogen (secondary N) is 1. The van der Waals surface area contributed by atoms with E-state index in [1.807, 2.05) is 17.0 Å². The van der Waals surface area contributed by atoms with Crippen LogP contribution in [-0.2, 0) is 11.3 Å². The number of amides is 1. The lowest BCUT2D eigenvalue weighted by molar-refractivity contribution is -0.143. The quantitative estimate of drug-likeness (QED) is 0.911. The molecule has 122 valence electrons. The first-order chi connectivity index (χ1) is 11.1. The van der Waals surface area contributed by atoms with Crippen molar-refractivity contribution in [2.75, 3.05) is 13.1 Å². The van der Waals surface area contributed by atoms with Gasteiger partial charge in [-0.1, -0.05) is 36.4 Å². The second kappa shape index (κ2) is 7.11. The van der Waals surface area contributed by atoms with Crippen molar-refractivity contribution < 1.29 is 9.90 Å². The van der Waals surface area contributed by atoms with Crippen molar-refractivity contribution in [1.82, 2.24) is 10.2 Å². The fourth-order valence-corrected chi connectivity index (χ4v) is 3.28. The van der Waals surface area contributed by atoms with Crippen LogP contribution < -0.4 is 5.32 Å². The van der Waals surface area contributed by atoms with E-state index >= 15 is 0 Å². The van der Waals surface area contributed by atoms with Crippen LogP contribution in [0.25, 0.3) is 10.8 Å². The highest BCUT2D eigenvalue weighted by molar-refractivity contribution is 5.83. The van der Waals surface area contributed by atoms with Crippen LogP contribution in [0.15, 0.2) is 42.5 Å². The molecule has 0 aliphatic carbocycles. The summed E-state index contributed by atoms with van der Waals surface area (Å²) in [4.78, 5) is 14.3. The molecular formula is C19H24N2O2. The molecule has 0 bridgehead atoms. The van der Waals surface area contributed by atoms with Gasteiger partial charge >= 0.3 is 0 Å². The summed E-state index contributed by atoms with van der Waals surface area (Å²) in [7, 11) is 0. The molecule has 0 aromatic heterocycles. The van der Waals surface area contributed by atoms with Crippen LogP contribution in [0, 0.1) is 0 Å². The van der Waals surface area contributed by atoms with Crippen LogP contribution in [0.1, 0.15) is 25.3 Å². The summed E-state index contributed by atoms with van der Waals surface area (Å²) in [6.45, 7) is 3.95. The summed E-state index contributed by atoms with van der Waals surface area (Å²) in [6.07, 6.45) is 0.920. The normalized spacial score (nSPS) is 17.1. The average molecular weight is 312 g/mol. The molecule has 1 heterocycles. The lowest BCUT2D eigenvalue weighted by Gasteiger charge is -2.35. The van der Waals surface area contributed by atoms with E-state index in [1.54, 1.807) is 6.92 Å². The maximum absolute atomic E-state index is 12.5. The number of carbonyl (C=O) groups excluding carboxylic acids is 1. The van der Waals surface area contributed by atoms with E-state index in [1.165, 1.54) is 10.8 Å². The second-order valence-corrected chi connectivity index (χ2v) is 6.30. The van der Waals surface area contributed by atoms with Crippen molar-refractivity contribution >= 4 is 16.7 Å². The molecule has 1 fully saturated rings. The zero-order valence-electron chi connectivity index (χ0n) is 13.5. The number of nitrogens with zero attached hydrogens (tertiary/aromatic N) is 1. The molecule has 1 aliphatic heterocycles. The van der Waals surface area contributed by atoms with Gasteiger partial charge < -0.3 is 15.3 Å². The van der Waals surface area contributed by atoms with Crippen molar-refractivity contribution in [2.24, 2.45) is 0 Å². The van der Waals surface area contributed by atoms with Crippen molar-refractivity contribution in [3.05, 3.63) is 48.0 Å². The van der Waals surface area contributed by atoms with Gasteiger partial charge in [0.2, 0.25) is 0 Å². The van der Waals surface area contributed by atoms with Crippen molar-refractivity contribution in [3.8, 4) is 0 Å². The monoisotopic (exact) mass is 312 g/mol. The van der Waals surface area contributed by atoms with Gasteiger partial charge in [0.1, 0.15) is 6.10 Å². The fraction of sp³-hybridized carbons (Fsp3) is 0.421. The summed E-state index contributed by atoms with van der Waals surface area (Å²) in [5.74, 6) is -0.176. The first-order valence-electron chi connectivity index (χ1n) is 8.32. The summed E-state index contributed by atoms with van der Waals surface area (Å²) in [5, 5.41) is 15.5. The van der Waals surface area contributed by atoms with Crippen LogP contribution >= 0.6 is 0 Å². The highest BCUT2D eigenvalue weighted by Crippen LogP contribution is 2.20. The number of benzene rings is 2. The minimum atomic E-state index is -0.953. The summed E-state index contributed by atoms with van der Waals surface area (Å²) in [6, 6.07) is 14.7. The standard InChI is InChI=1S/C19H24N2O2/c1-14(22)19(23)21(18-8-10-20-11-9-18)13-15-6-7-16-4-2-3-5-17(16)12-15/h2-7,12,14,18,20,22H,8-11,13H2,1H3. The minimum Gasteiger partial charge on any atom is -0.384 e. The fourth-order valence-electron chi connectivity index (χ4n) is 3.28. The highest BCUT2D eigenvalue weighted by Gasteiger charge is 2.27. The van der Waals surface area contributed by atoms with Gasteiger partial charge in [-0.15, -0.1) is 0 Å². The van der Waals surface area contributed by atoms with Crippen LogP contribution in [0.3, 0.4) is 0 Å². The highest BCUT2D eigenvalue weighted by atomic mass is 16.3. The SMILES string of the molecule is CC(O)C(=O)N(Cc1ccc2ccccc2c1)C1CCNCC1. The van der Waals surface area contributed by atoms with E-state index in [0.717, 1.165) is 31.5 Å². The topological polar surface area (TPSA) is 52.6 Å². The number of aliphatic hydroxyl groups excluding tert-OH is 1. The molecule has 0 radical (unpaired) electrons. The number of fused-ring (bicyclic) bond motifs is 1. The molecule has 1 amide bonds. The van der Waals surface area contributed by atoms with Crippen molar-refractivity contribution in [3.63, 3.8) is 0 Å². The first kappa shape index (κ1) is 16.0. The third kappa shape index (κ3) is 3.71. The summed E-state index contributed by atoms with van der Waals surface area (Å²) < 4.78 is 0. The van der Waals surface area contributed by atoms with Crippen LogP contribution in [0.2, 0.25) is 0 Å². The van der Waals surface area contributed by atoms with Gasteiger partial charge in [0, 0.05) is 12.6 Å². The van der Waals surface area contributed by atoms with E-state index < -0.39 is 6.10 Å². The van der Waals surface area contributed by atoms with E-state index in [0.29, 0.717) is 6.54 Å². The second-order valence-electron chi connectivity index (χ2n) is 6.30. The molecule has 4 nitrogen and oxygen atoms in total. The molecule has 2 N–H and O–H groups in total. The maximum Gasteiger partial charge on any atom is 0.251 e. The van der Waals surface area contributed by atoms with Gasteiger partial charge in [0.15, 0.2) is 0 Å². The number of rotatable bonds is 4. The minimum absolute atomic E-state index is 0.176. The Morgan fingerprint density at radius 2 is 1.91 bits per heavy atom. The van der Waals surface area contributed by atoms with Crippen LogP contribution in [0.4, 0.5) is 0 Å². The molecule has 1 atom stereocenters. The third-order valence-corrected chi connectivity index (χ3v) is 4.56. The number of hydrogen-bond acceptors (Lipinski definition) is 3. The van der Waals surface area contributed by atoms with E-state index in [2.05, 4.69) is 35.6 Å². The Bertz CT molecular complexity index is 678. The zero-order chi connectivity index (χ0) is 16.2. The Labute approximate surface area is 137 Å². The Morgan fingerprint density at radius 3 is 2.61 bits per heavy atom. The largest absolute Gasteiger partial charge is 0.384 e. The smallest absolute Gasteiger partial charge is 0.251 e. The van der Waals surface area contributed by atoms with Crippen LogP contribution in [-0.4, -0.2) is 41.1 Å². The molecule has 1 saturated heterocycles. The number of carbonyl (C=O) groups is 1. The number of hydrogen-bond donors (Lipinski definition) is 2. The molecule has 4 heteroatoms. The lowest BCUT2D eigenvalue weighted by Crippen LogP contribution is -2.48.